The first-order valence-electron chi connectivity index (χ1n) is 8.74. The minimum Gasteiger partial charge on any atom is -0.396 e. The fourth-order valence-corrected chi connectivity index (χ4v) is 3.24. The summed E-state index contributed by atoms with van der Waals surface area (Å²) in [6.07, 6.45) is 6.99. The molecule has 1 heterocycles. The predicted octanol–water partition coefficient (Wildman–Crippen LogP) is 2.81. The van der Waals surface area contributed by atoms with Gasteiger partial charge in [0.2, 0.25) is 11.9 Å². The Morgan fingerprint density at radius 3 is 2.39 bits per heavy atom. The summed E-state index contributed by atoms with van der Waals surface area (Å²) in [5.41, 5.74) is 0.176. The van der Waals surface area contributed by atoms with Crippen molar-refractivity contribution in [2.24, 2.45) is 5.41 Å². The minimum atomic E-state index is 0.176. The van der Waals surface area contributed by atoms with Gasteiger partial charge in [0, 0.05) is 33.2 Å². The summed E-state index contributed by atoms with van der Waals surface area (Å²) in [4.78, 5) is 15.5. The first-order valence-corrected chi connectivity index (χ1v) is 8.74. The van der Waals surface area contributed by atoms with Gasteiger partial charge in [-0.2, -0.15) is 15.0 Å². The summed E-state index contributed by atoms with van der Waals surface area (Å²) in [6, 6.07) is 0. The summed E-state index contributed by atoms with van der Waals surface area (Å²) in [6.45, 7) is 5.25. The molecule has 1 aliphatic rings. The Labute approximate surface area is 139 Å². The predicted molar refractivity (Wildman–Crippen MR) is 94.0 cm³/mol. The maximum absolute atomic E-state index is 9.44. The van der Waals surface area contributed by atoms with Crippen molar-refractivity contribution in [3.8, 4) is 0 Å². The lowest BCUT2D eigenvalue weighted by atomic mass is 9.72. The van der Waals surface area contributed by atoms with Gasteiger partial charge in [-0.15, -0.1) is 0 Å². The van der Waals surface area contributed by atoms with Crippen molar-refractivity contribution >= 4 is 11.9 Å². The minimum absolute atomic E-state index is 0.176. The summed E-state index contributed by atoms with van der Waals surface area (Å²) in [5.74, 6) is 2.41. The summed E-state index contributed by atoms with van der Waals surface area (Å²) >= 11 is 0. The zero-order chi connectivity index (χ0) is 16.9. The van der Waals surface area contributed by atoms with Gasteiger partial charge in [-0.1, -0.05) is 33.1 Å². The van der Waals surface area contributed by atoms with E-state index in [-0.39, 0.29) is 17.9 Å². The summed E-state index contributed by atoms with van der Waals surface area (Å²) in [5, 5.41) is 12.9. The van der Waals surface area contributed by atoms with Crippen LogP contribution >= 0.6 is 0 Å². The molecule has 0 aliphatic heterocycles. The Bertz CT molecular complexity index is 466. The maximum atomic E-state index is 9.44. The maximum Gasteiger partial charge on any atom is 0.229 e. The van der Waals surface area contributed by atoms with Crippen molar-refractivity contribution in [1.82, 2.24) is 15.0 Å². The van der Waals surface area contributed by atoms with Crippen molar-refractivity contribution in [2.45, 2.75) is 58.3 Å². The van der Waals surface area contributed by atoms with E-state index < -0.39 is 0 Å². The molecule has 0 aromatic carbocycles. The van der Waals surface area contributed by atoms with Crippen LogP contribution < -0.4 is 10.2 Å². The highest BCUT2D eigenvalue weighted by molar-refractivity contribution is 5.36. The average molecular weight is 321 g/mol. The lowest BCUT2D eigenvalue weighted by Gasteiger charge is -2.37. The second-order valence-electron chi connectivity index (χ2n) is 7.25. The molecule has 2 N–H and O–H groups in total. The number of aliphatic hydroxyl groups excluding tert-OH is 1. The van der Waals surface area contributed by atoms with Gasteiger partial charge in [0.1, 0.15) is 5.82 Å². The fourth-order valence-electron chi connectivity index (χ4n) is 3.24. The third kappa shape index (κ3) is 4.77. The zero-order valence-corrected chi connectivity index (χ0v) is 15.0. The normalized spacial score (nSPS) is 17.3. The van der Waals surface area contributed by atoms with Crippen LogP contribution in [0.4, 0.5) is 11.9 Å². The molecule has 0 amide bonds. The molecule has 23 heavy (non-hydrogen) atoms. The van der Waals surface area contributed by atoms with E-state index in [1.54, 1.807) is 0 Å². The number of nitrogens with zero attached hydrogens (tertiary/aromatic N) is 4. The number of hydrogen-bond donors (Lipinski definition) is 2. The third-order valence-electron chi connectivity index (χ3n) is 4.74. The largest absolute Gasteiger partial charge is 0.396 e. The molecule has 6 nitrogen and oxygen atoms in total. The number of rotatable bonds is 7. The molecule has 6 heteroatoms. The summed E-state index contributed by atoms with van der Waals surface area (Å²) < 4.78 is 0. The van der Waals surface area contributed by atoms with Crippen molar-refractivity contribution in [2.75, 3.05) is 37.5 Å². The first-order chi connectivity index (χ1) is 11.0. The Balaban J connectivity index is 2.14. The molecule has 1 fully saturated rings. The fraction of sp³-hybridized carbons (Fsp3) is 0.824. The van der Waals surface area contributed by atoms with E-state index in [0.717, 1.165) is 18.8 Å². The van der Waals surface area contributed by atoms with Crippen LogP contribution in [0.5, 0.6) is 0 Å². The number of hydrogen-bond acceptors (Lipinski definition) is 6. The molecule has 1 aromatic rings. The van der Waals surface area contributed by atoms with E-state index in [9.17, 15) is 5.11 Å². The highest BCUT2D eigenvalue weighted by Crippen LogP contribution is 2.39. The van der Waals surface area contributed by atoms with Crippen LogP contribution in [-0.4, -0.2) is 47.3 Å². The molecule has 2 rings (SSSR count). The van der Waals surface area contributed by atoms with Gasteiger partial charge in [0.25, 0.3) is 0 Å². The Kier molecular flexibility index (Phi) is 6.16. The molecule has 0 saturated heterocycles. The SMILES string of the molecule is CC(C)c1nc(NCC2(CCO)CCCCC2)nc(N(C)C)n1. The number of anilines is 2. The van der Waals surface area contributed by atoms with Gasteiger partial charge >= 0.3 is 0 Å². The molecule has 1 aliphatic carbocycles. The van der Waals surface area contributed by atoms with Crippen LogP contribution in [0, 0.1) is 5.41 Å². The molecule has 0 atom stereocenters. The van der Waals surface area contributed by atoms with E-state index in [1.807, 2.05) is 19.0 Å². The highest BCUT2D eigenvalue weighted by atomic mass is 16.3. The van der Waals surface area contributed by atoms with E-state index >= 15 is 0 Å². The Morgan fingerprint density at radius 2 is 1.83 bits per heavy atom. The van der Waals surface area contributed by atoms with Crippen molar-refractivity contribution in [3.05, 3.63) is 5.82 Å². The average Bonchev–Trinajstić information content (AvgIpc) is 2.54. The lowest BCUT2D eigenvalue weighted by Crippen LogP contribution is -2.33. The molecule has 130 valence electrons. The highest BCUT2D eigenvalue weighted by Gasteiger charge is 2.31. The van der Waals surface area contributed by atoms with Crippen LogP contribution in [0.2, 0.25) is 0 Å². The van der Waals surface area contributed by atoms with E-state index in [0.29, 0.717) is 11.9 Å². The second-order valence-corrected chi connectivity index (χ2v) is 7.25. The smallest absolute Gasteiger partial charge is 0.229 e. The first kappa shape index (κ1) is 17.9. The van der Waals surface area contributed by atoms with Crippen LogP contribution in [-0.2, 0) is 0 Å². The van der Waals surface area contributed by atoms with E-state index in [4.69, 9.17) is 0 Å². The van der Waals surface area contributed by atoms with E-state index in [2.05, 4.69) is 34.1 Å². The monoisotopic (exact) mass is 321 g/mol. The van der Waals surface area contributed by atoms with Crippen LogP contribution in [0.1, 0.15) is 64.1 Å². The summed E-state index contributed by atoms with van der Waals surface area (Å²) in [7, 11) is 3.88. The van der Waals surface area contributed by atoms with E-state index in [1.165, 1.54) is 32.1 Å². The van der Waals surface area contributed by atoms with Crippen molar-refractivity contribution < 1.29 is 5.11 Å². The Morgan fingerprint density at radius 1 is 1.13 bits per heavy atom. The van der Waals surface area contributed by atoms with Gasteiger partial charge in [0.05, 0.1) is 0 Å². The second kappa shape index (κ2) is 7.90. The molecular formula is C17H31N5O. The topological polar surface area (TPSA) is 74.2 Å². The molecule has 0 unspecified atom stereocenters. The molecular weight excluding hydrogens is 290 g/mol. The molecule has 1 aromatic heterocycles. The van der Waals surface area contributed by atoms with Crippen molar-refractivity contribution in [3.63, 3.8) is 0 Å². The molecule has 1 saturated carbocycles. The molecule has 0 radical (unpaired) electrons. The molecule has 0 spiro atoms. The molecule has 0 bridgehead atoms. The van der Waals surface area contributed by atoms with Crippen LogP contribution in [0.3, 0.4) is 0 Å². The number of aliphatic hydroxyl groups is 1. The van der Waals surface area contributed by atoms with Crippen LogP contribution in [0.15, 0.2) is 0 Å². The number of nitrogens with one attached hydrogen (secondary N) is 1. The Hall–Kier alpha value is -1.43. The van der Waals surface area contributed by atoms with Gasteiger partial charge < -0.3 is 15.3 Å². The zero-order valence-electron chi connectivity index (χ0n) is 15.0. The quantitative estimate of drug-likeness (QED) is 0.804. The third-order valence-corrected chi connectivity index (χ3v) is 4.74. The number of aromatic nitrogens is 3. The van der Waals surface area contributed by atoms with Gasteiger partial charge in [-0.05, 0) is 24.7 Å². The van der Waals surface area contributed by atoms with Crippen LogP contribution in [0.25, 0.3) is 0 Å². The van der Waals surface area contributed by atoms with Gasteiger partial charge in [0.15, 0.2) is 0 Å². The van der Waals surface area contributed by atoms with Gasteiger partial charge in [-0.3, -0.25) is 0 Å². The van der Waals surface area contributed by atoms with Crippen molar-refractivity contribution in [1.29, 1.82) is 0 Å². The lowest BCUT2D eigenvalue weighted by molar-refractivity contribution is 0.141. The van der Waals surface area contributed by atoms with Gasteiger partial charge in [-0.25, -0.2) is 0 Å². The standard InChI is InChI=1S/C17H31N5O/c1-13(2)14-19-15(21-16(20-14)22(3)4)18-12-17(10-11-23)8-6-5-7-9-17/h13,23H,5-12H2,1-4H3,(H,18,19,20,21).